The Morgan fingerprint density at radius 2 is 2.67 bits per heavy atom. The van der Waals surface area contributed by atoms with E-state index in [1.165, 1.54) is 6.33 Å². The molecule has 32 valence electrons. The van der Waals surface area contributed by atoms with Gasteiger partial charge in [-0.15, -0.1) is 0 Å². The van der Waals surface area contributed by atoms with Crippen LogP contribution in [0.25, 0.3) is 0 Å². The van der Waals surface area contributed by atoms with Gasteiger partial charge in [0.25, 0.3) is 0 Å². The summed E-state index contributed by atoms with van der Waals surface area (Å²) in [5, 5.41) is 6.21. The van der Waals surface area contributed by atoms with Crippen LogP contribution in [0.5, 0.6) is 0 Å². The Kier molecular flexibility index (Phi) is 0.900. The summed E-state index contributed by atoms with van der Waals surface area (Å²) in [5.74, 6) is 0. The molecule has 0 radical (unpaired) electrons. The molecular weight excluding hydrogens is 145 g/mol. The fourth-order valence-corrected chi connectivity index (χ4v) is 0.444. The molecule has 0 fully saturated rings. The summed E-state index contributed by atoms with van der Waals surface area (Å²) in [7, 11) is 0. The van der Waals surface area contributed by atoms with Gasteiger partial charge < -0.3 is 0 Å². The number of rotatable bonds is 0. The van der Waals surface area contributed by atoms with Crippen LogP contribution in [-0.2, 0) is 0 Å². The summed E-state index contributed by atoms with van der Waals surface area (Å²) in [4.78, 5) is 3.72. The summed E-state index contributed by atoms with van der Waals surface area (Å²) < 4.78 is 0.725. The number of nitrogens with zero attached hydrogens (tertiary/aromatic N) is 2. The molecule has 0 aromatic carbocycles. The van der Waals surface area contributed by atoms with Crippen LogP contribution < -0.4 is 4.72 Å². The van der Waals surface area contributed by atoms with E-state index in [1.54, 1.807) is 0 Å². The summed E-state index contributed by atoms with van der Waals surface area (Å²) >= 11 is 2.23. The first-order valence-corrected chi connectivity index (χ1v) is 2.38. The second-order valence-electron chi connectivity index (χ2n) is 0.799. The van der Waals surface area contributed by atoms with Gasteiger partial charge in [-0.2, -0.15) is 0 Å². The van der Waals surface area contributed by atoms with Crippen molar-refractivity contribution in [2.24, 2.45) is 0 Å². The minimum absolute atomic E-state index is 0.725. The third-order valence-electron chi connectivity index (χ3n) is 0.402. The van der Waals surface area contributed by atoms with Crippen LogP contribution in [0.4, 0.5) is 0 Å². The van der Waals surface area contributed by atoms with Gasteiger partial charge >= 0.3 is 42.2 Å². The zero-order valence-corrected chi connectivity index (χ0v) is 4.80. The fraction of sp³-hybridized carbons (Fsp3) is 0. The molecule has 0 aliphatic carbocycles. The normalized spacial score (nSPS) is 8.83. The van der Waals surface area contributed by atoms with Gasteiger partial charge in [-0.25, -0.2) is 0 Å². The molecule has 0 atom stereocenters. The van der Waals surface area contributed by atoms with Crippen molar-refractivity contribution in [1.29, 1.82) is 0 Å². The molecule has 0 saturated heterocycles. The number of H-pyrrole nitrogens is 1. The van der Waals surface area contributed by atoms with Gasteiger partial charge in [0, 0.05) is 0 Å². The molecule has 0 aliphatic heterocycles. The van der Waals surface area contributed by atoms with Crippen LogP contribution in [0, 0.1) is 0 Å². The SMILES string of the molecule is [SeH]c1nc[nH]n1. The van der Waals surface area contributed by atoms with Gasteiger partial charge in [0.2, 0.25) is 0 Å². The average Bonchev–Trinajstić information content (AvgIpc) is 1.86. The van der Waals surface area contributed by atoms with Crippen LogP contribution in [0.2, 0.25) is 0 Å². The van der Waals surface area contributed by atoms with Crippen LogP contribution in [0.1, 0.15) is 0 Å². The van der Waals surface area contributed by atoms with Crippen molar-refractivity contribution in [3.05, 3.63) is 6.33 Å². The topological polar surface area (TPSA) is 41.6 Å². The van der Waals surface area contributed by atoms with Crippen molar-refractivity contribution >= 4 is 20.7 Å². The maximum atomic E-state index is 3.72. The third kappa shape index (κ3) is 0.584. The Morgan fingerprint density at radius 1 is 1.83 bits per heavy atom. The number of hydrogen-bond donors (Lipinski definition) is 1. The van der Waals surface area contributed by atoms with Gasteiger partial charge in [-0.1, -0.05) is 0 Å². The molecule has 3 nitrogen and oxygen atoms in total. The van der Waals surface area contributed by atoms with Crippen molar-refractivity contribution in [3.8, 4) is 0 Å². The van der Waals surface area contributed by atoms with Gasteiger partial charge in [-0.3, -0.25) is 0 Å². The van der Waals surface area contributed by atoms with E-state index < -0.39 is 0 Å². The number of hydrogen-bond acceptors (Lipinski definition) is 2. The van der Waals surface area contributed by atoms with Crippen LogP contribution in [-0.4, -0.2) is 31.2 Å². The molecule has 0 bridgehead atoms. The van der Waals surface area contributed by atoms with Crippen LogP contribution >= 0.6 is 0 Å². The fourth-order valence-electron chi connectivity index (χ4n) is 0.202. The molecule has 0 amide bonds. The maximum absolute atomic E-state index is 3.72. The van der Waals surface area contributed by atoms with Gasteiger partial charge in [0.05, 0.1) is 0 Å². The molecule has 0 spiro atoms. The van der Waals surface area contributed by atoms with E-state index in [0.29, 0.717) is 0 Å². The summed E-state index contributed by atoms with van der Waals surface area (Å²) in [6, 6.07) is 0. The molecular formula is C2H3N3Se. The third-order valence-corrected chi connectivity index (χ3v) is 0.854. The Balaban J connectivity index is 3.05. The monoisotopic (exact) mass is 149 g/mol. The van der Waals surface area contributed by atoms with Crippen molar-refractivity contribution in [1.82, 2.24) is 15.2 Å². The molecule has 1 N–H and O–H groups in total. The summed E-state index contributed by atoms with van der Waals surface area (Å²) in [6.07, 6.45) is 1.54. The summed E-state index contributed by atoms with van der Waals surface area (Å²) in [5.41, 5.74) is 0. The molecule has 0 unspecified atom stereocenters. The first-order valence-electron chi connectivity index (χ1n) is 1.44. The van der Waals surface area contributed by atoms with Crippen LogP contribution in [0.3, 0.4) is 0 Å². The Hall–Kier alpha value is -0.341. The molecule has 1 rings (SSSR count). The van der Waals surface area contributed by atoms with Gasteiger partial charge in [0.1, 0.15) is 0 Å². The molecule has 4 heteroatoms. The average molecular weight is 148 g/mol. The molecule has 1 aromatic heterocycles. The van der Waals surface area contributed by atoms with Crippen molar-refractivity contribution in [3.63, 3.8) is 0 Å². The Morgan fingerprint density at radius 3 is 2.83 bits per heavy atom. The van der Waals surface area contributed by atoms with Gasteiger partial charge in [-0.05, 0) is 0 Å². The molecule has 6 heavy (non-hydrogen) atoms. The standard InChI is InChI=1S/C2H3N3Se/c6-2-3-1-4-5-2/h1H,(H2,3,4,5,6). The van der Waals surface area contributed by atoms with E-state index in [0.717, 1.165) is 4.72 Å². The number of nitrogens with one attached hydrogen (secondary N) is 1. The van der Waals surface area contributed by atoms with E-state index in [9.17, 15) is 0 Å². The predicted octanol–water partition coefficient (Wildman–Crippen LogP) is -1.67. The van der Waals surface area contributed by atoms with E-state index in [4.69, 9.17) is 0 Å². The molecule has 1 aromatic rings. The summed E-state index contributed by atoms with van der Waals surface area (Å²) in [6.45, 7) is 0. The van der Waals surface area contributed by atoms with E-state index in [1.807, 2.05) is 0 Å². The predicted molar refractivity (Wildman–Crippen MR) is 23.2 cm³/mol. The second kappa shape index (κ2) is 1.41. The minimum atomic E-state index is 0.725. The van der Waals surface area contributed by atoms with E-state index in [-0.39, 0.29) is 0 Å². The Bertz CT molecular complexity index is 112. The van der Waals surface area contributed by atoms with Crippen molar-refractivity contribution < 1.29 is 0 Å². The van der Waals surface area contributed by atoms with Crippen molar-refractivity contribution in [2.45, 2.75) is 0 Å². The Labute approximate surface area is 43.0 Å². The number of aromatic amines is 1. The number of aromatic nitrogens is 3. The van der Waals surface area contributed by atoms with Crippen LogP contribution in [0.15, 0.2) is 6.33 Å². The zero-order chi connectivity index (χ0) is 4.41. The zero-order valence-electron chi connectivity index (χ0n) is 2.92. The van der Waals surface area contributed by atoms with Crippen molar-refractivity contribution in [2.75, 3.05) is 0 Å². The quantitative estimate of drug-likeness (QED) is 0.447. The first kappa shape index (κ1) is 3.84. The van der Waals surface area contributed by atoms with E-state index in [2.05, 4.69) is 31.2 Å². The molecule has 0 aliphatic rings. The molecule has 1 heterocycles. The van der Waals surface area contributed by atoms with E-state index >= 15 is 0 Å². The second-order valence-corrected chi connectivity index (χ2v) is 1.64. The van der Waals surface area contributed by atoms with Gasteiger partial charge in [0.15, 0.2) is 0 Å². The molecule has 0 saturated carbocycles. The first-order chi connectivity index (χ1) is 2.89.